The van der Waals surface area contributed by atoms with Crippen molar-refractivity contribution in [2.24, 2.45) is 0 Å². The van der Waals surface area contributed by atoms with Crippen molar-refractivity contribution in [3.05, 3.63) is 253 Å². The first kappa shape index (κ1) is 42.0. The zero-order valence-electron chi connectivity index (χ0n) is 39.5. The Morgan fingerprint density at radius 3 is 0.972 bits per heavy atom. The fourth-order valence-electron chi connectivity index (χ4n) is 10.7. The number of rotatable bonds is 10. The highest BCUT2D eigenvalue weighted by atomic mass is 15.0. The summed E-state index contributed by atoms with van der Waals surface area (Å²) in [4.78, 5) is 0. The van der Waals surface area contributed by atoms with Gasteiger partial charge in [0.05, 0.1) is 22.1 Å². The molecule has 13 rings (SSSR count). The average Bonchev–Trinajstić information content (AvgIpc) is 4.06. The van der Waals surface area contributed by atoms with Crippen molar-refractivity contribution in [3.63, 3.8) is 0 Å². The van der Waals surface area contributed by atoms with Gasteiger partial charge in [0.15, 0.2) is 0 Å². The van der Waals surface area contributed by atoms with Gasteiger partial charge in [0.2, 0.25) is 0 Å². The van der Waals surface area contributed by atoms with Crippen molar-refractivity contribution in [1.82, 2.24) is 13.7 Å². The Morgan fingerprint density at radius 2 is 0.577 bits per heavy atom. The Balaban J connectivity index is 0.823. The van der Waals surface area contributed by atoms with Gasteiger partial charge in [-0.25, -0.2) is 0 Å². The summed E-state index contributed by atoms with van der Waals surface area (Å²) in [5.74, 6) is 0. The van der Waals surface area contributed by atoms with E-state index >= 15 is 0 Å². The lowest BCUT2D eigenvalue weighted by Gasteiger charge is -2.12. The van der Waals surface area contributed by atoms with Gasteiger partial charge in [-0.15, -0.1) is 0 Å². The highest BCUT2D eigenvalue weighted by molar-refractivity contribution is 6.11. The van der Waals surface area contributed by atoms with Crippen molar-refractivity contribution < 1.29 is 0 Å². The lowest BCUT2D eigenvalue weighted by Crippen LogP contribution is -1.92. The van der Waals surface area contributed by atoms with Gasteiger partial charge in [0.1, 0.15) is 0 Å². The largest absolute Gasteiger partial charge is 0.341 e. The molecule has 3 nitrogen and oxygen atoms in total. The van der Waals surface area contributed by atoms with E-state index in [1.807, 2.05) is 0 Å². The van der Waals surface area contributed by atoms with E-state index in [-0.39, 0.29) is 0 Å². The number of benzene rings is 10. The molecule has 0 unspecified atom stereocenters. The number of aryl methyl sites for hydroxylation is 1. The monoisotopic (exact) mass is 907 g/mol. The Bertz CT molecular complexity index is 3930. The van der Waals surface area contributed by atoms with Gasteiger partial charge in [0, 0.05) is 62.3 Å². The third kappa shape index (κ3) is 7.65. The van der Waals surface area contributed by atoms with Crippen LogP contribution in [0, 0.1) is 0 Å². The molecule has 0 spiro atoms. The molecule has 0 atom stereocenters. The minimum absolute atomic E-state index is 0.932. The summed E-state index contributed by atoms with van der Waals surface area (Å²) in [6, 6.07) is 84.0. The van der Waals surface area contributed by atoms with E-state index in [0.29, 0.717) is 0 Å². The molecule has 71 heavy (non-hydrogen) atoms. The highest BCUT2D eigenvalue weighted by Gasteiger charge is 2.13. The Kier molecular flexibility index (Phi) is 10.5. The van der Waals surface area contributed by atoms with Gasteiger partial charge in [-0.05, 0) is 129 Å². The number of hydrogen-bond acceptors (Lipinski definition) is 0. The summed E-state index contributed by atoms with van der Waals surface area (Å²) in [7, 11) is 0. The third-order valence-corrected chi connectivity index (χ3v) is 14.3. The van der Waals surface area contributed by atoms with Crippen LogP contribution in [-0.2, 0) is 6.54 Å². The fourth-order valence-corrected chi connectivity index (χ4v) is 10.7. The van der Waals surface area contributed by atoms with Gasteiger partial charge >= 0.3 is 0 Å². The minimum Gasteiger partial charge on any atom is -0.341 e. The molecular formula is C68H49N3. The Hall–Kier alpha value is -9.18. The summed E-state index contributed by atoms with van der Waals surface area (Å²) in [5, 5.41) is 7.67. The van der Waals surface area contributed by atoms with Crippen molar-refractivity contribution >= 4 is 102 Å². The van der Waals surface area contributed by atoms with Crippen molar-refractivity contribution in [2.45, 2.75) is 13.5 Å². The van der Waals surface area contributed by atoms with Crippen LogP contribution in [0.3, 0.4) is 0 Å². The van der Waals surface area contributed by atoms with E-state index < -0.39 is 0 Å². The van der Waals surface area contributed by atoms with Crippen molar-refractivity contribution in [1.29, 1.82) is 0 Å². The number of para-hydroxylation sites is 5. The van der Waals surface area contributed by atoms with E-state index in [4.69, 9.17) is 0 Å². The van der Waals surface area contributed by atoms with Gasteiger partial charge in [0.25, 0.3) is 0 Å². The number of nitrogens with zero attached hydrogens (tertiary/aromatic N) is 3. The van der Waals surface area contributed by atoms with Crippen LogP contribution >= 0.6 is 0 Å². The van der Waals surface area contributed by atoms with Gasteiger partial charge in [-0.2, -0.15) is 0 Å². The normalized spacial score (nSPS) is 12.2. The molecule has 0 aliphatic heterocycles. The summed E-state index contributed by atoms with van der Waals surface area (Å²) in [6.07, 6.45) is 13.3. The highest BCUT2D eigenvalue weighted by Crippen LogP contribution is 2.36. The quantitative estimate of drug-likeness (QED) is 0.121. The SMILES string of the molecule is CCn1c2ccccc2c2ccc(/C=C/c3ccc(-c4cc(-c5ccc(C=Cn6c7ccccc7c7ccccc76)cc5)cc(-c5ccc(/C=C/n6c7ccccc7c7ccccc76)cc5)c4)cc3)cc21. The average molecular weight is 908 g/mol. The fraction of sp³-hybridized carbons (Fsp3) is 0.0294. The molecule has 0 saturated heterocycles. The molecular weight excluding hydrogens is 859 g/mol. The van der Waals surface area contributed by atoms with Crippen LogP contribution in [0.25, 0.3) is 136 Å². The van der Waals surface area contributed by atoms with E-state index in [9.17, 15) is 0 Å². The maximum Gasteiger partial charge on any atom is 0.0534 e. The van der Waals surface area contributed by atoms with Crippen LogP contribution in [0.15, 0.2) is 231 Å². The summed E-state index contributed by atoms with van der Waals surface area (Å²) >= 11 is 0. The molecule has 0 amide bonds. The number of aromatic nitrogens is 3. The second kappa shape index (κ2) is 17.7. The maximum absolute atomic E-state index is 2.41. The smallest absolute Gasteiger partial charge is 0.0534 e. The molecule has 0 aliphatic rings. The summed E-state index contributed by atoms with van der Waals surface area (Å²) in [5.41, 5.74) is 19.1. The predicted octanol–water partition coefficient (Wildman–Crippen LogP) is 18.5. The van der Waals surface area contributed by atoms with E-state index in [1.54, 1.807) is 0 Å². The zero-order valence-corrected chi connectivity index (χ0v) is 39.5. The topological polar surface area (TPSA) is 14.8 Å². The number of hydrogen-bond donors (Lipinski definition) is 0. The predicted molar refractivity (Wildman–Crippen MR) is 306 cm³/mol. The van der Waals surface area contributed by atoms with Crippen molar-refractivity contribution in [3.8, 4) is 33.4 Å². The second-order valence-corrected chi connectivity index (χ2v) is 18.5. The van der Waals surface area contributed by atoms with Crippen LogP contribution in [0.2, 0.25) is 0 Å². The zero-order chi connectivity index (χ0) is 47.3. The van der Waals surface area contributed by atoms with Gasteiger partial charge in [-0.1, -0.05) is 188 Å². The minimum atomic E-state index is 0.932. The molecule has 13 aromatic rings. The van der Waals surface area contributed by atoms with E-state index in [2.05, 4.69) is 288 Å². The first-order valence-electron chi connectivity index (χ1n) is 24.6. The molecule has 3 heterocycles. The third-order valence-electron chi connectivity index (χ3n) is 14.3. The molecule has 0 radical (unpaired) electrons. The molecule has 0 N–H and O–H groups in total. The van der Waals surface area contributed by atoms with E-state index in [0.717, 1.165) is 23.2 Å². The molecule has 0 aliphatic carbocycles. The first-order chi connectivity index (χ1) is 35.1. The van der Waals surface area contributed by atoms with Gasteiger partial charge < -0.3 is 13.7 Å². The lowest BCUT2D eigenvalue weighted by atomic mass is 9.92. The Morgan fingerprint density at radius 1 is 0.268 bits per heavy atom. The molecule has 0 bridgehead atoms. The summed E-state index contributed by atoms with van der Waals surface area (Å²) < 4.78 is 7.01. The van der Waals surface area contributed by atoms with Crippen LogP contribution in [0.4, 0.5) is 0 Å². The number of fused-ring (bicyclic) bond motifs is 9. The summed E-state index contributed by atoms with van der Waals surface area (Å²) in [6.45, 7) is 3.16. The molecule has 0 saturated carbocycles. The van der Waals surface area contributed by atoms with Crippen LogP contribution in [0.5, 0.6) is 0 Å². The van der Waals surface area contributed by atoms with Crippen LogP contribution in [0.1, 0.15) is 29.2 Å². The van der Waals surface area contributed by atoms with Crippen LogP contribution in [-0.4, -0.2) is 13.7 Å². The molecule has 3 heteroatoms. The first-order valence-corrected chi connectivity index (χ1v) is 24.6. The standard InChI is InChI=1S/C68H49N3/c1-2-69-63-18-8-3-17-61(63)62-38-31-50(43-68(62)69)24-23-47-25-32-51(33-26-47)54-44-55(52-34-27-48(28-35-52)39-41-70-64-19-9-4-13-57(64)58-14-5-10-20-65(58)70)46-56(45-54)53-36-29-49(30-37-53)40-42-71-66-21-11-6-15-59(66)60-16-7-12-22-67(60)71/h3-46H,2H2,1H3/b24-23+,41-39+,42-40?. The van der Waals surface area contributed by atoms with Crippen molar-refractivity contribution in [2.75, 3.05) is 0 Å². The molecule has 336 valence electrons. The second-order valence-electron chi connectivity index (χ2n) is 18.5. The molecule has 3 aromatic heterocycles. The lowest BCUT2D eigenvalue weighted by molar-refractivity contribution is 0.827. The molecule has 10 aromatic carbocycles. The van der Waals surface area contributed by atoms with Crippen LogP contribution < -0.4 is 0 Å². The maximum atomic E-state index is 2.41. The molecule has 0 fully saturated rings. The van der Waals surface area contributed by atoms with Gasteiger partial charge in [-0.3, -0.25) is 0 Å². The Labute approximate surface area is 413 Å². The van der Waals surface area contributed by atoms with E-state index in [1.165, 1.54) is 104 Å².